The van der Waals surface area contributed by atoms with E-state index in [1.165, 1.54) is 6.92 Å². The van der Waals surface area contributed by atoms with Gasteiger partial charge in [0, 0.05) is 24.8 Å². The average Bonchev–Trinajstić information content (AvgIpc) is 2.26. The summed E-state index contributed by atoms with van der Waals surface area (Å²) >= 11 is 0. The predicted octanol–water partition coefficient (Wildman–Crippen LogP) is 0.892. The zero-order valence-electron chi connectivity index (χ0n) is 10.0. The molecular weight excluding hydrogens is 236 g/mol. The standard InChI is InChI=1S/C12H16N2O4/c1-8(15)14-10-4-2-9(3-5-10)13-7-11(16)6-12(17)18/h2-5,11,13,16H,6-7H2,1H3,(H,14,15)(H,17,18). The molecule has 1 rings (SSSR count). The van der Waals surface area contributed by atoms with Gasteiger partial charge in [-0.05, 0) is 24.3 Å². The van der Waals surface area contributed by atoms with Gasteiger partial charge in [0.1, 0.15) is 0 Å². The zero-order valence-corrected chi connectivity index (χ0v) is 10.0. The highest BCUT2D eigenvalue weighted by Crippen LogP contribution is 2.13. The number of carbonyl (C=O) groups is 2. The molecule has 0 aliphatic carbocycles. The number of hydrogen-bond acceptors (Lipinski definition) is 4. The molecule has 0 radical (unpaired) electrons. The van der Waals surface area contributed by atoms with Crippen molar-refractivity contribution >= 4 is 23.3 Å². The molecule has 0 aliphatic heterocycles. The van der Waals surface area contributed by atoms with E-state index in [2.05, 4.69) is 10.6 Å². The molecule has 4 N–H and O–H groups in total. The smallest absolute Gasteiger partial charge is 0.306 e. The molecule has 1 aromatic carbocycles. The van der Waals surface area contributed by atoms with E-state index in [0.717, 1.165) is 5.69 Å². The van der Waals surface area contributed by atoms with Crippen molar-refractivity contribution in [3.05, 3.63) is 24.3 Å². The Morgan fingerprint density at radius 2 is 1.78 bits per heavy atom. The fourth-order valence-electron chi connectivity index (χ4n) is 1.38. The lowest BCUT2D eigenvalue weighted by Gasteiger charge is -2.11. The third-order valence-corrected chi connectivity index (χ3v) is 2.16. The van der Waals surface area contributed by atoms with Gasteiger partial charge >= 0.3 is 5.97 Å². The van der Waals surface area contributed by atoms with E-state index >= 15 is 0 Å². The summed E-state index contributed by atoms with van der Waals surface area (Å²) in [6, 6.07) is 6.90. The lowest BCUT2D eigenvalue weighted by atomic mass is 10.2. The molecule has 98 valence electrons. The Morgan fingerprint density at radius 1 is 1.22 bits per heavy atom. The number of hydrogen-bond donors (Lipinski definition) is 4. The second-order valence-corrected chi connectivity index (χ2v) is 3.89. The van der Waals surface area contributed by atoms with Crippen LogP contribution in [0.2, 0.25) is 0 Å². The van der Waals surface area contributed by atoms with Crippen LogP contribution in [0, 0.1) is 0 Å². The maximum atomic E-state index is 10.8. The minimum atomic E-state index is -1.04. The first kappa shape index (κ1) is 14.0. The summed E-state index contributed by atoms with van der Waals surface area (Å²) in [5, 5.41) is 23.4. The van der Waals surface area contributed by atoms with Crippen LogP contribution in [-0.4, -0.2) is 34.7 Å². The number of nitrogens with one attached hydrogen (secondary N) is 2. The fraction of sp³-hybridized carbons (Fsp3) is 0.333. The van der Waals surface area contributed by atoms with Crippen LogP contribution in [0.4, 0.5) is 11.4 Å². The van der Waals surface area contributed by atoms with Gasteiger partial charge in [-0.25, -0.2) is 0 Å². The van der Waals surface area contributed by atoms with E-state index in [0.29, 0.717) is 5.69 Å². The molecular formula is C12H16N2O4. The van der Waals surface area contributed by atoms with Crippen molar-refractivity contribution in [2.24, 2.45) is 0 Å². The van der Waals surface area contributed by atoms with Crippen LogP contribution in [0.15, 0.2) is 24.3 Å². The molecule has 0 spiro atoms. The van der Waals surface area contributed by atoms with Crippen molar-refractivity contribution in [3.63, 3.8) is 0 Å². The summed E-state index contributed by atoms with van der Waals surface area (Å²) in [6.45, 7) is 1.58. The molecule has 0 heterocycles. The third kappa shape index (κ3) is 5.31. The first-order valence-electron chi connectivity index (χ1n) is 5.49. The van der Waals surface area contributed by atoms with E-state index in [1.54, 1.807) is 24.3 Å². The molecule has 0 saturated heterocycles. The van der Waals surface area contributed by atoms with Crippen molar-refractivity contribution in [2.75, 3.05) is 17.2 Å². The van der Waals surface area contributed by atoms with Crippen molar-refractivity contribution in [1.82, 2.24) is 0 Å². The quantitative estimate of drug-likeness (QED) is 0.602. The number of carbonyl (C=O) groups excluding carboxylic acids is 1. The highest BCUT2D eigenvalue weighted by atomic mass is 16.4. The molecule has 0 aliphatic rings. The van der Waals surface area contributed by atoms with Crippen LogP contribution in [0.3, 0.4) is 0 Å². The van der Waals surface area contributed by atoms with Crippen LogP contribution in [0.5, 0.6) is 0 Å². The molecule has 0 fully saturated rings. The van der Waals surface area contributed by atoms with Crippen molar-refractivity contribution < 1.29 is 19.8 Å². The molecule has 0 aromatic heterocycles. The molecule has 1 aromatic rings. The number of aliphatic carboxylic acids is 1. The summed E-state index contributed by atoms with van der Waals surface area (Å²) in [5.41, 5.74) is 1.42. The van der Waals surface area contributed by atoms with Crippen molar-refractivity contribution in [3.8, 4) is 0 Å². The van der Waals surface area contributed by atoms with E-state index < -0.39 is 12.1 Å². The summed E-state index contributed by atoms with van der Waals surface area (Å²) in [4.78, 5) is 21.1. The monoisotopic (exact) mass is 252 g/mol. The van der Waals surface area contributed by atoms with Crippen LogP contribution in [0.25, 0.3) is 0 Å². The maximum Gasteiger partial charge on any atom is 0.306 e. The Hall–Kier alpha value is -2.08. The molecule has 6 nitrogen and oxygen atoms in total. The average molecular weight is 252 g/mol. The summed E-state index contributed by atoms with van der Waals surface area (Å²) in [6.07, 6.45) is -1.23. The normalized spacial score (nSPS) is 11.7. The van der Waals surface area contributed by atoms with Gasteiger partial charge in [0.15, 0.2) is 0 Å². The topological polar surface area (TPSA) is 98.7 Å². The van der Waals surface area contributed by atoms with Gasteiger partial charge in [0.05, 0.1) is 12.5 Å². The highest BCUT2D eigenvalue weighted by molar-refractivity contribution is 5.88. The summed E-state index contributed by atoms with van der Waals surface area (Å²) < 4.78 is 0. The minimum Gasteiger partial charge on any atom is -0.481 e. The van der Waals surface area contributed by atoms with Crippen LogP contribution >= 0.6 is 0 Å². The fourth-order valence-corrected chi connectivity index (χ4v) is 1.38. The number of amides is 1. The Balaban J connectivity index is 2.43. The van der Waals surface area contributed by atoms with E-state index in [-0.39, 0.29) is 18.9 Å². The zero-order chi connectivity index (χ0) is 13.5. The highest BCUT2D eigenvalue weighted by Gasteiger charge is 2.08. The van der Waals surface area contributed by atoms with Gasteiger partial charge in [-0.3, -0.25) is 9.59 Å². The summed E-state index contributed by atoms with van der Waals surface area (Å²) in [5.74, 6) is -1.18. The van der Waals surface area contributed by atoms with Gasteiger partial charge in [-0.2, -0.15) is 0 Å². The second kappa shape index (κ2) is 6.61. The molecule has 0 saturated carbocycles. The summed E-state index contributed by atoms with van der Waals surface area (Å²) in [7, 11) is 0. The first-order chi connectivity index (χ1) is 8.47. The van der Waals surface area contributed by atoms with E-state index in [9.17, 15) is 14.7 Å². The molecule has 0 bridgehead atoms. The SMILES string of the molecule is CC(=O)Nc1ccc(NCC(O)CC(=O)O)cc1. The number of carboxylic acid groups (broad SMARTS) is 1. The lowest BCUT2D eigenvalue weighted by Crippen LogP contribution is -2.22. The van der Waals surface area contributed by atoms with Crippen LogP contribution < -0.4 is 10.6 Å². The van der Waals surface area contributed by atoms with Gasteiger partial charge < -0.3 is 20.8 Å². The Labute approximate surface area is 105 Å². The maximum absolute atomic E-state index is 10.8. The Bertz CT molecular complexity index is 417. The van der Waals surface area contributed by atoms with Gasteiger partial charge in [-0.15, -0.1) is 0 Å². The van der Waals surface area contributed by atoms with Crippen molar-refractivity contribution in [2.45, 2.75) is 19.4 Å². The molecule has 1 amide bonds. The number of aliphatic hydroxyl groups excluding tert-OH is 1. The number of carboxylic acids is 1. The van der Waals surface area contributed by atoms with E-state index in [1.807, 2.05) is 0 Å². The number of anilines is 2. The molecule has 18 heavy (non-hydrogen) atoms. The number of rotatable bonds is 6. The number of aliphatic hydroxyl groups is 1. The van der Waals surface area contributed by atoms with Gasteiger partial charge in [0.25, 0.3) is 0 Å². The van der Waals surface area contributed by atoms with Gasteiger partial charge in [0.2, 0.25) is 5.91 Å². The minimum absolute atomic E-state index is 0.146. The number of benzene rings is 1. The van der Waals surface area contributed by atoms with Crippen molar-refractivity contribution in [1.29, 1.82) is 0 Å². The molecule has 1 atom stereocenters. The third-order valence-electron chi connectivity index (χ3n) is 2.16. The lowest BCUT2D eigenvalue weighted by molar-refractivity contribution is -0.139. The van der Waals surface area contributed by atoms with E-state index in [4.69, 9.17) is 5.11 Å². The molecule has 1 unspecified atom stereocenters. The molecule has 6 heteroatoms. The van der Waals surface area contributed by atoms with Crippen LogP contribution in [0.1, 0.15) is 13.3 Å². The van der Waals surface area contributed by atoms with Crippen LogP contribution in [-0.2, 0) is 9.59 Å². The Kier molecular flexibility index (Phi) is 5.13. The largest absolute Gasteiger partial charge is 0.481 e. The predicted molar refractivity (Wildman–Crippen MR) is 67.5 cm³/mol. The Morgan fingerprint density at radius 3 is 2.28 bits per heavy atom. The van der Waals surface area contributed by atoms with Gasteiger partial charge in [-0.1, -0.05) is 0 Å². The second-order valence-electron chi connectivity index (χ2n) is 3.89. The first-order valence-corrected chi connectivity index (χ1v) is 5.49.